The van der Waals surface area contributed by atoms with Gasteiger partial charge in [-0.2, -0.15) is 0 Å². The molecule has 0 radical (unpaired) electrons. The molecule has 0 saturated carbocycles. The molecular weight excluding hydrogens is 300 g/mol. The van der Waals surface area contributed by atoms with Crippen LogP contribution < -0.4 is 0 Å². The van der Waals surface area contributed by atoms with Gasteiger partial charge in [0.15, 0.2) is 15.6 Å². The summed E-state index contributed by atoms with van der Waals surface area (Å²) in [5.74, 6) is -0.387. The molecule has 1 aromatic carbocycles. The Morgan fingerprint density at radius 2 is 1.73 bits per heavy atom. The molecule has 0 aliphatic heterocycles. The molecule has 1 rings (SSSR count). The summed E-state index contributed by atoms with van der Waals surface area (Å²) in [6, 6.07) is 8.09. The number of carbonyl (C=O) groups excluding carboxylic acids is 1. The number of aliphatic hydroxyl groups excluding tert-OH is 1. The molecule has 0 saturated heterocycles. The van der Waals surface area contributed by atoms with E-state index in [0.717, 1.165) is 25.7 Å². The maximum absolute atomic E-state index is 12.7. The zero-order valence-corrected chi connectivity index (χ0v) is 14.0. The molecule has 5 heteroatoms. The van der Waals surface area contributed by atoms with Crippen LogP contribution in [0, 0.1) is 0 Å². The van der Waals surface area contributed by atoms with E-state index in [1.807, 2.05) is 0 Å². The Hall–Kier alpha value is -1.20. The number of hydrogen-bond donors (Lipinski definition) is 1. The summed E-state index contributed by atoms with van der Waals surface area (Å²) >= 11 is 0. The fourth-order valence-corrected chi connectivity index (χ4v) is 4.27. The third-order valence-electron chi connectivity index (χ3n) is 3.73. The first kappa shape index (κ1) is 18.8. The van der Waals surface area contributed by atoms with E-state index in [9.17, 15) is 13.2 Å². The number of hydrogen-bond acceptors (Lipinski definition) is 4. The maximum atomic E-state index is 12.7. The van der Waals surface area contributed by atoms with Gasteiger partial charge in [-0.3, -0.25) is 4.79 Å². The average Bonchev–Trinajstić information content (AvgIpc) is 2.51. The van der Waals surface area contributed by atoms with Gasteiger partial charge in [-0.1, -0.05) is 57.2 Å². The first-order chi connectivity index (χ1) is 10.5. The van der Waals surface area contributed by atoms with Crippen molar-refractivity contribution in [1.82, 2.24) is 0 Å². The second-order valence-corrected chi connectivity index (χ2v) is 7.62. The first-order valence-electron chi connectivity index (χ1n) is 7.96. The van der Waals surface area contributed by atoms with E-state index in [1.165, 1.54) is 12.1 Å². The lowest BCUT2D eigenvalue weighted by atomic mass is 10.1. The number of sulfone groups is 1. The molecule has 0 fully saturated rings. The van der Waals surface area contributed by atoms with E-state index >= 15 is 0 Å². The van der Waals surface area contributed by atoms with Crippen LogP contribution in [-0.4, -0.2) is 31.2 Å². The summed E-state index contributed by atoms with van der Waals surface area (Å²) in [5.41, 5.74) is 0. The molecule has 1 unspecified atom stereocenters. The second-order valence-electron chi connectivity index (χ2n) is 5.49. The van der Waals surface area contributed by atoms with Gasteiger partial charge in [0.25, 0.3) is 0 Å². The zero-order valence-electron chi connectivity index (χ0n) is 13.2. The average molecular weight is 326 g/mol. The van der Waals surface area contributed by atoms with E-state index in [-0.39, 0.29) is 23.7 Å². The van der Waals surface area contributed by atoms with Crippen LogP contribution in [0.2, 0.25) is 0 Å². The smallest absolute Gasteiger partial charge is 0.188 e. The largest absolute Gasteiger partial charge is 0.396 e. The Morgan fingerprint density at radius 3 is 2.32 bits per heavy atom. The van der Waals surface area contributed by atoms with Gasteiger partial charge >= 0.3 is 0 Å². The lowest BCUT2D eigenvalue weighted by Crippen LogP contribution is -2.31. The quantitative estimate of drug-likeness (QED) is 0.634. The summed E-state index contributed by atoms with van der Waals surface area (Å²) in [6.07, 6.45) is 5.18. The standard InChI is InChI=1S/C17H26O4S/c1-2-3-4-5-9-12-17(16(19)13-14-18)22(20,21)15-10-7-6-8-11-15/h6-8,10-11,17-18H,2-5,9,12-14H2,1H3. The number of Topliss-reactive ketones (excluding diaryl/α,β-unsaturated/α-hetero) is 1. The minimum absolute atomic E-state index is 0.105. The van der Waals surface area contributed by atoms with Gasteiger partial charge in [-0.25, -0.2) is 8.42 Å². The molecule has 1 N–H and O–H groups in total. The Bertz CT molecular complexity index is 537. The van der Waals surface area contributed by atoms with E-state index in [2.05, 4.69) is 6.92 Å². The van der Waals surface area contributed by atoms with Crippen LogP contribution in [0.5, 0.6) is 0 Å². The molecule has 0 aromatic heterocycles. The van der Waals surface area contributed by atoms with Crippen LogP contribution in [0.25, 0.3) is 0 Å². The van der Waals surface area contributed by atoms with Crippen LogP contribution in [0.1, 0.15) is 51.9 Å². The molecule has 1 atom stereocenters. The van der Waals surface area contributed by atoms with Gasteiger partial charge in [-0.15, -0.1) is 0 Å². The third kappa shape index (κ3) is 5.54. The van der Waals surface area contributed by atoms with Crippen molar-refractivity contribution >= 4 is 15.6 Å². The van der Waals surface area contributed by atoms with Crippen LogP contribution in [0.4, 0.5) is 0 Å². The lowest BCUT2D eigenvalue weighted by Gasteiger charge is -2.16. The Kier molecular flexibility index (Phi) is 8.35. The van der Waals surface area contributed by atoms with Crippen molar-refractivity contribution in [3.63, 3.8) is 0 Å². The highest BCUT2D eigenvalue weighted by atomic mass is 32.2. The molecule has 0 heterocycles. The molecule has 1 aromatic rings. The van der Waals surface area contributed by atoms with E-state index in [1.54, 1.807) is 18.2 Å². The highest BCUT2D eigenvalue weighted by molar-refractivity contribution is 7.92. The first-order valence-corrected chi connectivity index (χ1v) is 9.51. The van der Waals surface area contributed by atoms with Crippen molar-refractivity contribution in [2.75, 3.05) is 6.61 Å². The van der Waals surface area contributed by atoms with Crippen LogP contribution in [-0.2, 0) is 14.6 Å². The summed E-state index contributed by atoms with van der Waals surface area (Å²) < 4.78 is 25.3. The molecule has 0 aliphatic rings. The van der Waals surface area contributed by atoms with Gasteiger partial charge in [0, 0.05) is 6.42 Å². The van der Waals surface area contributed by atoms with E-state index < -0.39 is 15.1 Å². The van der Waals surface area contributed by atoms with Crippen LogP contribution >= 0.6 is 0 Å². The molecule has 4 nitrogen and oxygen atoms in total. The summed E-state index contributed by atoms with van der Waals surface area (Å²) in [7, 11) is -3.68. The molecule has 22 heavy (non-hydrogen) atoms. The van der Waals surface area contributed by atoms with E-state index in [0.29, 0.717) is 12.8 Å². The predicted octanol–water partition coefficient (Wildman–Crippen LogP) is 3.14. The van der Waals surface area contributed by atoms with Crippen molar-refractivity contribution in [2.24, 2.45) is 0 Å². The van der Waals surface area contributed by atoms with Gasteiger partial charge in [-0.05, 0) is 18.6 Å². The van der Waals surface area contributed by atoms with Crippen molar-refractivity contribution in [2.45, 2.75) is 62.0 Å². The molecular formula is C17H26O4S. The minimum Gasteiger partial charge on any atom is -0.396 e. The Morgan fingerprint density at radius 1 is 1.09 bits per heavy atom. The van der Waals surface area contributed by atoms with Gasteiger partial charge < -0.3 is 5.11 Å². The molecule has 0 aliphatic carbocycles. The monoisotopic (exact) mass is 326 g/mol. The molecule has 0 amide bonds. The van der Waals surface area contributed by atoms with E-state index in [4.69, 9.17) is 5.11 Å². The maximum Gasteiger partial charge on any atom is 0.188 e. The summed E-state index contributed by atoms with van der Waals surface area (Å²) in [6.45, 7) is 1.81. The van der Waals surface area contributed by atoms with Crippen LogP contribution in [0.15, 0.2) is 35.2 Å². The molecule has 124 valence electrons. The number of aliphatic hydroxyl groups is 1. The Labute approximate surface area is 133 Å². The van der Waals surface area contributed by atoms with Crippen LogP contribution in [0.3, 0.4) is 0 Å². The van der Waals surface area contributed by atoms with Gasteiger partial charge in [0.05, 0.1) is 11.5 Å². The lowest BCUT2D eigenvalue weighted by molar-refractivity contribution is -0.119. The SMILES string of the molecule is CCCCCCCC(C(=O)CCO)S(=O)(=O)c1ccccc1. The van der Waals surface area contributed by atoms with Crippen molar-refractivity contribution < 1.29 is 18.3 Å². The van der Waals surface area contributed by atoms with Gasteiger partial charge in [0.2, 0.25) is 0 Å². The summed E-state index contributed by atoms with van der Waals surface area (Å²) in [4.78, 5) is 12.3. The normalized spacial score (nSPS) is 13.0. The van der Waals surface area contributed by atoms with Crippen molar-refractivity contribution in [3.05, 3.63) is 30.3 Å². The fourth-order valence-electron chi connectivity index (χ4n) is 2.47. The number of carbonyl (C=O) groups is 1. The fraction of sp³-hybridized carbons (Fsp3) is 0.588. The topological polar surface area (TPSA) is 71.4 Å². The Balaban J connectivity index is 2.83. The van der Waals surface area contributed by atoms with Gasteiger partial charge in [0.1, 0.15) is 5.25 Å². The van der Waals surface area contributed by atoms with Crippen molar-refractivity contribution in [3.8, 4) is 0 Å². The second kappa shape index (κ2) is 9.74. The third-order valence-corrected chi connectivity index (χ3v) is 5.91. The highest BCUT2D eigenvalue weighted by Gasteiger charge is 2.32. The minimum atomic E-state index is -3.68. The number of ketones is 1. The summed E-state index contributed by atoms with van der Waals surface area (Å²) in [5, 5.41) is 7.91. The number of benzene rings is 1. The van der Waals surface area contributed by atoms with Crippen molar-refractivity contribution in [1.29, 1.82) is 0 Å². The number of rotatable bonds is 11. The predicted molar refractivity (Wildman–Crippen MR) is 87.5 cm³/mol. The highest BCUT2D eigenvalue weighted by Crippen LogP contribution is 2.22. The molecule has 0 bridgehead atoms. The molecule has 0 spiro atoms. The number of unbranched alkanes of at least 4 members (excludes halogenated alkanes) is 4. The zero-order chi connectivity index (χ0) is 16.4.